The van der Waals surface area contributed by atoms with Crippen molar-refractivity contribution in [3.8, 4) is 0 Å². The van der Waals surface area contributed by atoms with Gasteiger partial charge in [0.05, 0.1) is 18.1 Å². The van der Waals surface area contributed by atoms with Crippen molar-refractivity contribution in [2.45, 2.75) is 63.4 Å². The molecule has 0 spiro atoms. The van der Waals surface area contributed by atoms with Crippen molar-refractivity contribution in [1.29, 1.82) is 0 Å². The maximum atomic E-state index is 13.0. The van der Waals surface area contributed by atoms with Crippen LogP contribution < -0.4 is 10.6 Å². The van der Waals surface area contributed by atoms with Gasteiger partial charge in [0.2, 0.25) is 15.9 Å². The Morgan fingerprint density at radius 3 is 2.47 bits per heavy atom. The molecule has 1 saturated heterocycles. The molecule has 0 bridgehead atoms. The third-order valence-electron chi connectivity index (χ3n) is 6.38. The molecule has 2 amide bonds. The Hall–Kier alpha value is -1.97. The first-order valence-electron chi connectivity index (χ1n) is 11.5. The molecule has 1 aliphatic carbocycles. The Morgan fingerprint density at radius 2 is 1.81 bits per heavy atom. The minimum absolute atomic E-state index is 0.0635. The van der Waals surface area contributed by atoms with Crippen LogP contribution in [0.1, 0.15) is 56.8 Å². The number of hydrogen-bond donors (Lipinski definition) is 2. The van der Waals surface area contributed by atoms with E-state index >= 15 is 0 Å². The van der Waals surface area contributed by atoms with Gasteiger partial charge in [-0.15, -0.1) is 0 Å². The molecule has 9 heteroatoms. The lowest BCUT2D eigenvalue weighted by Gasteiger charge is -2.32. The maximum absolute atomic E-state index is 13.0. The fourth-order valence-corrected chi connectivity index (χ4v) is 5.75. The molecule has 178 valence electrons. The molecule has 1 aromatic carbocycles. The van der Waals surface area contributed by atoms with Crippen molar-refractivity contribution in [3.05, 3.63) is 29.8 Å². The predicted molar refractivity (Wildman–Crippen MR) is 122 cm³/mol. The van der Waals surface area contributed by atoms with E-state index in [-0.39, 0.29) is 41.4 Å². The summed E-state index contributed by atoms with van der Waals surface area (Å²) in [5.41, 5.74) is 0.212. The van der Waals surface area contributed by atoms with E-state index in [1.54, 1.807) is 12.1 Å². The largest absolute Gasteiger partial charge is 0.379 e. The van der Waals surface area contributed by atoms with E-state index in [0.717, 1.165) is 19.3 Å². The minimum atomic E-state index is -3.71. The number of benzene rings is 1. The second-order valence-electron chi connectivity index (χ2n) is 9.12. The van der Waals surface area contributed by atoms with Crippen LogP contribution in [0.4, 0.5) is 0 Å². The van der Waals surface area contributed by atoms with Crippen molar-refractivity contribution in [2.24, 2.45) is 11.8 Å². The molecule has 0 aromatic heterocycles. The van der Waals surface area contributed by atoms with Gasteiger partial charge in [-0.25, -0.2) is 8.42 Å². The zero-order valence-electron chi connectivity index (χ0n) is 19.2. The number of carbonyl (C=O) groups is 2. The third kappa shape index (κ3) is 5.88. The van der Waals surface area contributed by atoms with Crippen LogP contribution in [0, 0.1) is 11.8 Å². The Morgan fingerprint density at radius 1 is 1.12 bits per heavy atom. The smallest absolute Gasteiger partial charge is 0.251 e. The van der Waals surface area contributed by atoms with Gasteiger partial charge in [0.15, 0.2) is 0 Å². The number of carbonyl (C=O) groups excluding carboxylic acids is 2. The molecular formula is C23H35N3O5S. The minimum Gasteiger partial charge on any atom is -0.379 e. The maximum Gasteiger partial charge on any atom is 0.251 e. The van der Waals surface area contributed by atoms with Crippen molar-refractivity contribution in [1.82, 2.24) is 14.9 Å². The van der Waals surface area contributed by atoms with E-state index in [9.17, 15) is 18.0 Å². The number of nitrogens with zero attached hydrogens (tertiary/aromatic N) is 1. The van der Waals surface area contributed by atoms with E-state index in [0.29, 0.717) is 19.1 Å². The van der Waals surface area contributed by atoms with E-state index in [4.69, 9.17) is 4.74 Å². The van der Waals surface area contributed by atoms with Gasteiger partial charge < -0.3 is 15.4 Å². The molecule has 2 fully saturated rings. The summed E-state index contributed by atoms with van der Waals surface area (Å²) in [6.07, 6.45) is 4.32. The van der Waals surface area contributed by atoms with Gasteiger partial charge in [-0.2, -0.15) is 4.31 Å². The monoisotopic (exact) mass is 465 g/mol. The quantitative estimate of drug-likeness (QED) is 0.642. The molecule has 1 saturated carbocycles. The summed E-state index contributed by atoms with van der Waals surface area (Å²) in [6, 6.07) is 5.40. The number of nitrogens with one attached hydrogen (secondary N) is 2. The first-order valence-corrected chi connectivity index (χ1v) is 12.9. The predicted octanol–water partition coefficient (Wildman–Crippen LogP) is 2.16. The third-order valence-corrected chi connectivity index (χ3v) is 8.27. The van der Waals surface area contributed by atoms with Crippen molar-refractivity contribution < 1.29 is 22.7 Å². The molecule has 0 radical (unpaired) electrons. The zero-order chi connectivity index (χ0) is 23.3. The van der Waals surface area contributed by atoms with Gasteiger partial charge in [0.25, 0.3) is 5.91 Å². The highest BCUT2D eigenvalue weighted by atomic mass is 32.2. The number of amides is 2. The molecule has 32 heavy (non-hydrogen) atoms. The van der Waals surface area contributed by atoms with Crippen LogP contribution in [0.2, 0.25) is 0 Å². The van der Waals surface area contributed by atoms with Gasteiger partial charge >= 0.3 is 0 Å². The Bertz CT molecular complexity index is 912. The fraction of sp³-hybridized carbons (Fsp3) is 0.652. The summed E-state index contributed by atoms with van der Waals surface area (Å²) in [4.78, 5) is 26.0. The molecule has 1 aliphatic heterocycles. The molecular weight excluding hydrogens is 430 g/mol. The van der Waals surface area contributed by atoms with E-state index in [1.807, 2.05) is 13.8 Å². The second-order valence-corrected chi connectivity index (χ2v) is 11.1. The highest BCUT2D eigenvalue weighted by molar-refractivity contribution is 7.89. The highest BCUT2D eigenvalue weighted by Gasteiger charge is 2.30. The molecule has 2 aliphatic rings. The van der Waals surface area contributed by atoms with E-state index in [1.165, 1.54) is 22.9 Å². The first kappa shape index (κ1) is 24.7. The van der Waals surface area contributed by atoms with Crippen LogP contribution in [-0.4, -0.2) is 62.9 Å². The van der Waals surface area contributed by atoms with Gasteiger partial charge in [-0.05, 0) is 42.9 Å². The number of rotatable bonds is 7. The summed E-state index contributed by atoms with van der Waals surface area (Å²) in [6.45, 7) is 7.19. The van der Waals surface area contributed by atoms with Crippen molar-refractivity contribution in [2.75, 3.05) is 26.3 Å². The summed E-state index contributed by atoms with van der Waals surface area (Å²) in [7, 11) is -3.71. The summed E-state index contributed by atoms with van der Waals surface area (Å²) in [5.74, 6) is -0.352. The zero-order valence-corrected chi connectivity index (χ0v) is 20.0. The van der Waals surface area contributed by atoms with Crippen molar-refractivity contribution in [3.63, 3.8) is 0 Å². The summed E-state index contributed by atoms with van der Waals surface area (Å²) >= 11 is 0. The van der Waals surface area contributed by atoms with Crippen LogP contribution in [0.25, 0.3) is 0 Å². The average molecular weight is 466 g/mol. The fourth-order valence-electron chi connectivity index (χ4n) is 4.30. The Balaban J connectivity index is 1.71. The molecule has 2 N–H and O–H groups in total. The Kier molecular flexibility index (Phi) is 8.30. The second kappa shape index (κ2) is 10.8. The summed E-state index contributed by atoms with van der Waals surface area (Å²) in [5, 5.41) is 5.93. The SMILES string of the molecule is CC1CCCCC1NC(=O)[C@@H](NC(=O)c1cccc(S(=O)(=O)N2CCOCC2)c1)C(C)C. The lowest BCUT2D eigenvalue weighted by Crippen LogP contribution is -2.53. The average Bonchev–Trinajstić information content (AvgIpc) is 2.79. The van der Waals surface area contributed by atoms with Crippen LogP contribution in [-0.2, 0) is 19.6 Å². The highest BCUT2D eigenvalue weighted by Crippen LogP contribution is 2.24. The molecule has 3 rings (SSSR count). The summed E-state index contributed by atoms with van der Waals surface area (Å²) < 4.78 is 32.5. The lowest BCUT2D eigenvalue weighted by atomic mass is 9.85. The lowest BCUT2D eigenvalue weighted by molar-refractivity contribution is -0.125. The van der Waals surface area contributed by atoms with Crippen molar-refractivity contribution >= 4 is 21.8 Å². The molecule has 3 atom stereocenters. The van der Waals surface area contributed by atoms with Gasteiger partial charge in [-0.3, -0.25) is 9.59 Å². The van der Waals surface area contributed by atoms with Gasteiger partial charge in [-0.1, -0.05) is 39.7 Å². The van der Waals surface area contributed by atoms with E-state index in [2.05, 4.69) is 17.6 Å². The van der Waals surface area contributed by atoms with Crippen LogP contribution in [0.3, 0.4) is 0 Å². The topological polar surface area (TPSA) is 105 Å². The normalized spacial score (nSPS) is 23.5. The molecule has 8 nitrogen and oxygen atoms in total. The number of hydrogen-bond acceptors (Lipinski definition) is 5. The van der Waals surface area contributed by atoms with Crippen LogP contribution in [0.5, 0.6) is 0 Å². The van der Waals surface area contributed by atoms with Gasteiger partial charge in [0, 0.05) is 24.7 Å². The number of ether oxygens (including phenoxy) is 1. The first-order chi connectivity index (χ1) is 15.2. The number of morpholine rings is 1. The molecule has 2 unspecified atom stereocenters. The van der Waals surface area contributed by atoms with Crippen LogP contribution >= 0.6 is 0 Å². The van der Waals surface area contributed by atoms with Crippen LogP contribution in [0.15, 0.2) is 29.2 Å². The van der Waals surface area contributed by atoms with E-state index < -0.39 is 22.0 Å². The molecule has 1 heterocycles. The van der Waals surface area contributed by atoms with Gasteiger partial charge in [0.1, 0.15) is 6.04 Å². The standard InChI is InChI=1S/C23H35N3O5S/c1-16(2)21(23(28)24-20-10-5-4-7-17(20)3)25-22(27)18-8-6-9-19(15-18)32(29,30)26-11-13-31-14-12-26/h6,8-9,15-17,20-21H,4-5,7,10-14H2,1-3H3,(H,24,28)(H,25,27)/t17?,20?,21-/m0/s1. The number of sulfonamides is 1. The Labute approximate surface area is 191 Å². The molecule has 1 aromatic rings.